The van der Waals surface area contributed by atoms with Crippen molar-refractivity contribution >= 4 is 11.7 Å². The van der Waals surface area contributed by atoms with Gasteiger partial charge in [-0.05, 0) is 43.6 Å². The molecule has 1 fully saturated rings. The number of ether oxygens (including phenoxy) is 1. The van der Waals surface area contributed by atoms with Gasteiger partial charge in [-0.15, -0.1) is 0 Å². The Bertz CT molecular complexity index is 962. The first-order chi connectivity index (χ1) is 14.2. The minimum atomic E-state index is -0.142. The summed E-state index contributed by atoms with van der Waals surface area (Å²) in [6.45, 7) is 3.59. The number of nitrogens with one attached hydrogen (secondary N) is 1. The molecular weight excluding hydrogens is 372 g/mol. The van der Waals surface area contributed by atoms with Crippen LogP contribution in [-0.2, 0) is 4.79 Å². The molecule has 4 rings (SSSR count). The van der Waals surface area contributed by atoms with Gasteiger partial charge in [0.25, 0.3) is 0 Å². The molecule has 0 radical (unpaired) electrons. The molecule has 150 valence electrons. The second-order valence-corrected chi connectivity index (χ2v) is 7.02. The Morgan fingerprint density at radius 3 is 2.93 bits per heavy atom. The van der Waals surface area contributed by atoms with E-state index in [1.54, 1.807) is 19.3 Å². The highest BCUT2D eigenvalue weighted by atomic mass is 16.6. The molecule has 9 nitrogen and oxygen atoms in total. The van der Waals surface area contributed by atoms with Gasteiger partial charge in [0.1, 0.15) is 11.4 Å². The van der Waals surface area contributed by atoms with Crippen molar-refractivity contribution in [1.82, 2.24) is 25.2 Å². The van der Waals surface area contributed by atoms with Crippen LogP contribution in [0, 0.1) is 6.92 Å². The van der Waals surface area contributed by atoms with E-state index in [4.69, 9.17) is 4.74 Å². The molecule has 3 aromatic rings. The Morgan fingerprint density at radius 2 is 2.14 bits per heavy atom. The first kappa shape index (κ1) is 19.0. The second-order valence-electron chi connectivity index (χ2n) is 7.02. The number of hydrogen-bond donors (Lipinski definition) is 1. The van der Waals surface area contributed by atoms with Gasteiger partial charge in [-0.3, -0.25) is 14.7 Å². The number of benzene rings is 1. The van der Waals surface area contributed by atoms with Crippen molar-refractivity contribution in [2.24, 2.45) is 0 Å². The van der Waals surface area contributed by atoms with Gasteiger partial charge in [0.15, 0.2) is 5.82 Å². The van der Waals surface area contributed by atoms with Crippen molar-refractivity contribution in [3.63, 3.8) is 0 Å². The summed E-state index contributed by atoms with van der Waals surface area (Å²) < 4.78 is 10.4. The number of para-hydroxylation sites is 1. The molecule has 1 N–H and O–H groups in total. The van der Waals surface area contributed by atoms with Gasteiger partial charge in [-0.2, -0.15) is 0 Å². The van der Waals surface area contributed by atoms with Gasteiger partial charge in [0, 0.05) is 18.7 Å². The predicted octanol–water partition coefficient (Wildman–Crippen LogP) is 2.78. The molecule has 1 amide bonds. The Morgan fingerprint density at radius 1 is 1.28 bits per heavy atom. The van der Waals surface area contributed by atoms with Gasteiger partial charge in [0.2, 0.25) is 11.8 Å². The van der Waals surface area contributed by atoms with Crippen molar-refractivity contribution in [3.8, 4) is 11.6 Å². The lowest BCUT2D eigenvalue weighted by Crippen LogP contribution is -2.40. The molecule has 29 heavy (non-hydrogen) atoms. The summed E-state index contributed by atoms with van der Waals surface area (Å²) in [5.41, 5.74) is 1.43. The zero-order valence-corrected chi connectivity index (χ0v) is 16.1. The minimum Gasteiger partial charge on any atom is -0.437 e. The minimum absolute atomic E-state index is 0.142. The number of carbonyl (C=O) groups is 1. The maximum atomic E-state index is 12.3. The van der Waals surface area contributed by atoms with Crippen LogP contribution < -0.4 is 10.1 Å². The van der Waals surface area contributed by atoms with E-state index >= 15 is 0 Å². The number of hydrogen-bond acceptors (Lipinski definition) is 8. The summed E-state index contributed by atoms with van der Waals surface area (Å²) in [5.74, 6) is 1.60. The molecule has 0 saturated carbocycles. The average Bonchev–Trinajstić information content (AvgIpc) is 3.13. The molecule has 1 aliphatic rings. The molecule has 1 atom stereocenters. The highest BCUT2D eigenvalue weighted by Gasteiger charge is 2.25. The van der Waals surface area contributed by atoms with Crippen LogP contribution in [0.2, 0.25) is 0 Å². The zero-order chi connectivity index (χ0) is 20.1. The number of likely N-dealkylation sites (tertiary alicyclic amines) is 1. The quantitative estimate of drug-likeness (QED) is 0.680. The number of piperidine rings is 1. The first-order valence-corrected chi connectivity index (χ1v) is 9.53. The third kappa shape index (κ3) is 4.94. The molecule has 1 aromatic carbocycles. The van der Waals surface area contributed by atoms with Crippen LogP contribution in [-0.4, -0.2) is 50.7 Å². The summed E-state index contributed by atoms with van der Waals surface area (Å²) in [6, 6.07) is 9.51. The van der Waals surface area contributed by atoms with E-state index in [2.05, 4.69) is 35.1 Å². The molecular formula is C20H22N6O3. The fourth-order valence-corrected chi connectivity index (χ4v) is 3.38. The van der Waals surface area contributed by atoms with Crippen LogP contribution in [0.1, 0.15) is 30.1 Å². The molecule has 3 heterocycles. The number of aromatic nitrogens is 4. The van der Waals surface area contributed by atoms with E-state index in [1.807, 2.05) is 30.3 Å². The van der Waals surface area contributed by atoms with E-state index < -0.39 is 0 Å². The number of carbonyl (C=O) groups excluding carboxylic acids is 1. The lowest BCUT2D eigenvalue weighted by molar-refractivity contribution is -0.117. The Kier molecular flexibility index (Phi) is 5.76. The fraction of sp³-hybridized carbons (Fsp3) is 0.350. The van der Waals surface area contributed by atoms with E-state index in [0.29, 0.717) is 17.4 Å². The van der Waals surface area contributed by atoms with Crippen molar-refractivity contribution in [3.05, 3.63) is 54.1 Å². The summed E-state index contributed by atoms with van der Waals surface area (Å²) >= 11 is 0. The van der Waals surface area contributed by atoms with Gasteiger partial charge in [-0.25, -0.2) is 9.61 Å². The molecule has 9 heteroatoms. The third-order valence-corrected chi connectivity index (χ3v) is 4.80. The third-order valence-electron chi connectivity index (χ3n) is 4.80. The summed E-state index contributed by atoms with van der Waals surface area (Å²) in [6.07, 6.45) is 5.36. The maximum Gasteiger partial charge on any atom is 0.239 e. The largest absolute Gasteiger partial charge is 0.437 e. The summed E-state index contributed by atoms with van der Waals surface area (Å²) in [5, 5.41) is 10.1. The number of rotatable bonds is 6. The normalized spacial score (nSPS) is 17.1. The van der Waals surface area contributed by atoms with Crippen molar-refractivity contribution in [2.75, 3.05) is 25.0 Å². The van der Waals surface area contributed by atoms with E-state index in [1.165, 1.54) is 0 Å². The second kappa shape index (κ2) is 8.78. The number of aryl methyl sites for hydroxylation is 1. The Labute approximate surface area is 168 Å². The number of amides is 1. The molecule has 1 saturated heterocycles. The van der Waals surface area contributed by atoms with Gasteiger partial charge in [-0.1, -0.05) is 23.4 Å². The fourth-order valence-electron chi connectivity index (χ4n) is 3.38. The monoisotopic (exact) mass is 394 g/mol. The van der Waals surface area contributed by atoms with E-state index in [0.717, 1.165) is 37.4 Å². The van der Waals surface area contributed by atoms with Crippen LogP contribution in [0.3, 0.4) is 0 Å². The lowest BCUT2D eigenvalue weighted by Gasteiger charge is -2.31. The zero-order valence-electron chi connectivity index (χ0n) is 16.1. The SMILES string of the molecule is Cc1nonc1NC(=O)CN1CCC[C@@H](c2cncc(Oc3ccccc3)n2)C1. The van der Waals surface area contributed by atoms with Crippen molar-refractivity contribution < 1.29 is 14.2 Å². The highest BCUT2D eigenvalue weighted by Crippen LogP contribution is 2.27. The van der Waals surface area contributed by atoms with Crippen molar-refractivity contribution in [1.29, 1.82) is 0 Å². The molecule has 1 aliphatic heterocycles. The van der Waals surface area contributed by atoms with E-state index in [-0.39, 0.29) is 18.4 Å². The molecule has 0 unspecified atom stereocenters. The standard InChI is InChI=1S/C20H22N6O3/c1-14-20(25-29-24-14)23-18(27)13-26-9-5-6-15(12-26)17-10-21-11-19(22-17)28-16-7-3-2-4-8-16/h2-4,7-8,10-11,15H,5-6,9,12-13H2,1H3,(H,23,25,27)/t15-/m1/s1. The topological polar surface area (TPSA) is 106 Å². The Hall–Kier alpha value is -3.33. The van der Waals surface area contributed by atoms with Crippen LogP contribution in [0.4, 0.5) is 5.82 Å². The van der Waals surface area contributed by atoms with Gasteiger partial charge in [0.05, 0.1) is 18.4 Å². The van der Waals surface area contributed by atoms with Crippen LogP contribution in [0.25, 0.3) is 0 Å². The molecule has 0 aliphatic carbocycles. The maximum absolute atomic E-state index is 12.3. The van der Waals surface area contributed by atoms with Gasteiger partial charge >= 0.3 is 0 Å². The van der Waals surface area contributed by atoms with Crippen molar-refractivity contribution in [2.45, 2.75) is 25.7 Å². The average molecular weight is 394 g/mol. The lowest BCUT2D eigenvalue weighted by atomic mass is 9.95. The molecule has 0 spiro atoms. The van der Waals surface area contributed by atoms with Crippen LogP contribution >= 0.6 is 0 Å². The first-order valence-electron chi connectivity index (χ1n) is 9.53. The summed E-state index contributed by atoms with van der Waals surface area (Å²) in [4.78, 5) is 23.4. The van der Waals surface area contributed by atoms with Crippen LogP contribution in [0.5, 0.6) is 11.6 Å². The van der Waals surface area contributed by atoms with E-state index in [9.17, 15) is 4.79 Å². The predicted molar refractivity (Wildman–Crippen MR) is 105 cm³/mol. The van der Waals surface area contributed by atoms with Gasteiger partial charge < -0.3 is 10.1 Å². The molecule has 0 bridgehead atoms. The molecule has 2 aromatic heterocycles. The smallest absolute Gasteiger partial charge is 0.239 e. The Balaban J connectivity index is 1.37. The summed E-state index contributed by atoms with van der Waals surface area (Å²) in [7, 11) is 0. The number of nitrogens with zero attached hydrogens (tertiary/aromatic N) is 5. The number of anilines is 1. The highest BCUT2D eigenvalue weighted by molar-refractivity contribution is 5.91. The van der Waals surface area contributed by atoms with Crippen LogP contribution in [0.15, 0.2) is 47.4 Å².